The van der Waals surface area contributed by atoms with Gasteiger partial charge in [-0.2, -0.15) is 26.3 Å². The zero-order valence-corrected chi connectivity index (χ0v) is 24.4. The number of anilines is 1. The number of guanidine groups is 1. The molecule has 1 aliphatic heterocycles. The van der Waals surface area contributed by atoms with Crippen molar-refractivity contribution < 1.29 is 60.5 Å². The van der Waals surface area contributed by atoms with Crippen molar-refractivity contribution in [3.63, 3.8) is 0 Å². The van der Waals surface area contributed by atoms with Gasteiger partial charge in [0.2, 0.25) is 5.91 Å². The second-order valence-electron chi connectivity index (χ2n) is 8.98. The van der Waals surface area contributed by atoms with Crippen LogP contribution in [0.15, 0.2) is 35.6 Å². The van der Waals surface area contributed by atoms with Crippen molar-refractivity contribution in [2.24, 2.45) is 4.99 Å². The highest BCUT2D eigenvalue weighted by atomic mass is 35.5. The Kier molecular flexibility index (Phi) is 13.1. The molecule has 250 valence electrons. The number of benzene rings is 1. The summed E-state index contributed by atoms with van der Waals surface area (Å²) >= 11 is 11.9. The summed E-state index contributed by atoms with van der Waals surface area (Å²) in [4.78, 5) is 63.8. The molecule has 1 aromatic carbocycles. The second kappa shape index (κ2) is 16.1. The molecule has 0 fully saturated rings. The molecule has 2 amide bonds. The molecule has 1 aliphatic rings. The van der Waals surface area contributed by atoms with Gasteiger partial charge in [-0.1, -0.05) is 23.2 Å². The van der Waals surface area contributed by atoms with Crippen LogP contribution in [0.25, 0.3) is 0 Å². The van der Waals surface area contributed by atoms with Crippen LogP contribution in [0.1, 0.15) is 34.8 Å². The standard InChI is InChI=1S/C21H22Cl2N6O5.C4F6O2/c22-12-5-14(19(33)15(23)6-12)16(7-18(31)32)29-17(30)10-27-20(34)11-4-13(9-24-8-11)28-21-25-2-1-3-26-21;5-3(6,7)1(11)2(12)4(8,9)10/h4-6,8-9,16,33H,1-3,7,10H2,(H,27,34)(H,29,30)(H,31,32)(H2,25,26,28);. The molecule has 6 N–H and O–H groups in total. The Morgan fingerprint density at radius 2 is 1.61 bits per heavy atom. The van der Waals surface area contributed by atoms with E-state index in [1.807, 2.05) is 0 Å². The van der Waals surface area contributed by atoms with E-state index in [0.717, 1.165) is 13.0 Å². The van der Waals surface area contributed by atoms with E-state index in [2.05, 4.69) is 31.2 Å². The highest BCUT2D eigenvalue weighted by Gasteiger charge is 2.54. The number of amides is 2. The smallest absolute Gasteiger partial charge is 0.458 e. The summed E-state index contributed by atoms with van der Waals surface area (Å²) in [5.74, 6) is -9.10. The van der Waals surface area contributed by atoms with Crippen molar-refractivity contribution in [2.45, 2.75) is 31.2 Å². The molecule has 0 spiro atoms. The van der Waals surface area contributed by atoms with E-state index >= 15 is 0 Å². The molecule has 0 saturated carbocycles. The maximum absolute atomic E-state index is 12.5. The number of carbonyl (C=O) groups excluding carboxylic acids is 4. The van der Waals surface area contributed by atoms with Crippen molar-refractivity contribution in [1.82, 2.24) is 20.9 Å². The van der Waals surface area contributed by atoms with E-state index in [1.54, 1.807) is 6.07 Å². The first kappa shape index (κ1) is 37.5. The number of nitrogens with zero attached hydrogens (tertiary/aromatic N) is 2. The van der Waals surface area contributed by atoms with Crippen LogP contribution < -0.4 is 21.3 Å². The lowest BCUT2D eigenvalue weighted by molar-refractivity contribution is -0.193. The number of halogens is 8. The third-order valence-electron chi connectivity index (χ3n) is 5.44. The van der Waals surface area contributed by atoms with Gasteiger partial charge in [-0.25, -0.2) is 0 Å². The van der Waals surface area contributed by atoms with Crippen molar-refractivity contribution in [2.75, 3.05) is 25.0 Å². The average molecular weight is 703 g/mol. The lowest BCUT2D eigenvalue weighted by Crippen LogP contribution is -2.39. The highest BCUT2D eigenvalue weighted by molar-refractivity contribution is 6.41. The van der Waals surface area contributed by atoms with Crippen LogP contribution in [0.2, 0.25) is 10.0 Å². The number of ketones is 2. The number of carboxylic acids is 1. The van der Waals surface area contributed by atoms with Gasteiger partial charge in [-0.15, -0.1) is 0 Å². The summed E-state index contributed by atoms with van der Waals surface area (Å²) in [7, 11) is 0. The summed E-state index contributed by atoms with van der Waals surface area (Å²) in [6.07, 6.45) is -8.28. The lowest BCUT2D eigenvalue weighted by atomic mass is 10.0. The Hall–Kier alpha value is -4.65. The van der Waals surface area contributed by atoms with Crippen LogP contribution in [-0.4, -0.2) is 82.5 Å². The summed E-state index contributed by atoms with van der Waals surface area (Å²) in [6, 6.07) is 3.02. The molecular weight excluding hydrogens is 681 g/mol. The zero-order chi connectivity index (χ0) is 34.8. The predicted molar refractivity (Wildman–Crippen MR) is 149 cm³/mol. The van der Waals surface area contributed by atoms with Crippen LogP contribution >= 0.6 is 23.2 Å². The third-order valence-corrected chi connectivity index (χ3v) is 5.94. The van der Waals surface area contributed by atoms with E-state index < -0.39 is 66.5 Å². The van der Waals surface area contributed by atoms with Crippen LogP contribution in [0.4, 0.5) is 32.0 Å². The number of carboxylic acid groups (broad SMARTS) is 1. The normalized spacial score (nSPS) is 13.5. The second-order valence-corrected chi connectivity index (χ2v) is 9.82. The number of hydrogen-bond acceptors (Lipinski definition) is 10. The number of aromatic nitrogens is 1. The van der Waals surface area contributed by atoms with Gasteiger partial charge in [0, 0.05) is 29.9 Å². The maximum atomic E-state index is 12.5. The molecule has 0 radical (unpaired) electrons. The molecule has 2 aromatic rings. The number of nitrogens with one attached hydrogen (secondary N) is 4. The third kappa shape index (κ3) is 11.7. The topological polar surface area (TPSA) is 199 Å². The number of rotatable bonds is 9. The number of phenolic OH excluding ortho intramolecular Hbond substituents is 1. The first-order valence-electron chi connectivity index (χ1n) is 12.5. The van der Waals surface area contributed by atoms with E-state index in [-0.39, 0.29) is 21.2 Å². The zero-order valence-electron chi connectivity index (χ0n) is 22.9. The van der Waals surface area contributed by atoms with Crippen LogP contribution in [0.3, 0.4) is 0 Å². The average Bonchev–Trinajstić information content (AvgIpc) is 2.96. The quantitative estimate of drug-likeness (QED) is 0.167. The predicted octanol–water partition coefficient (Wildman–Crippen LogP) is 3.17. The molecule has 21 heteroatoms. The van der Waals surface area contributed by atoms with Crippen molar-refractivity contribution in [1.29, 1.82) is 0 Å². The molecule has 0 bridgehead atoms. The summed E-state index contributed by atoms with van der Waals surface area (Å²) in [5, 5.41) is 30.5. The number of aliphatic carboxylic acids is 1. The van der Waals surface area contributed by atoms with E-state index in [0.29, 0.717) is 18.2 Å². The fourth-order valence-corrected chi connectivity index (χ4v) is 3.92. The SMILES string of the molecule is O=C(C(=O)C(F)(F)F)C(F)(F)F.O=C(O)CC(NC(=O)CNC(=O)c1cncc(NC2=NCCCN2)c1)c1cc(Cl)cc(Cl)c1O. The Morgan fingerprint density at radius 3 is 2.15 bits per heavy atom. The summed E-state index contributed by atoms with van der Waals surface area (Å²) in [6.45, 7) is 1.03. The van der Waals surface area contributed by atoms with Gasteiger partial charge < -0.3 is 31.5 Å². The first-order valence-corrected chi connectivity index (χ1v) is 13.3. The van der Waals surface area contributed by atoms with E-state index in [4.69, 9.17) is 23.2 Å². The Labute approximate surface area is 264 Å². The highest BCUT2D eigenvalue weighted by Crippen LogP contribution is 2.36. The Morgan fingerprint density at radius 1 is 0.978 bits per heavy atom. The fourth-order valence-electron chi connectivity index (χ4n) is 3.42. The van der Waals surface area contributed by atoms with Crippen LogP contribution in [0, 0.1) is 0 Å². The molecule has 1 aromatic heterocycles. The monoisotopic (exact) mass is 702 g/mol. The molecule has 2 heterocycles. The van der Waals surface area contributed by atoms with Gasteiger partial charge in [-0.3, -0.25) is 33.9 Å². The number of alkyl halides is 6. The Bertz CT molecular complexity index is 1500. The number of phenols is 1. The van der Waals surface area contributed by atoms with Gasteiger partial charge in [-0.05, 0) is 24.6 Å². The molecule has 0 saturated heterocycles. The number of carbonyl (C=O) groups is 5. The number of pyridine rings is 1. The van der Waals surface area contributed by atoms with Gasteiger partial charge in [0.15, 0.2) is 5.96 Å². The molecular formula is C25H22Cl2F6N6O7. The number of hydrogen-bond donors (Lipinski definition) is 6. The van der Waals surface area contributed by atoms with Crippen LogP contribution in [-0.2, 0) is 19.2 Å². The minimum absolute atomic E-state index is 0.0433. The van der Waals surface area contributed by atoms with Crippen molar-refractivity contribution in [3.05, 3.63) is 51.8 Å². The number of aliphatic imine (C=N–C) groups is 1. The molecule has 46 heavy (non-hydrogen) atoms. The lowest BCUT2D eigenvalue weighted by Gasteiger charge is -2.19. The molecule has 1 atom stereocenters. The fraction of sp³-hybridized carbons (Fsp3) is 0.320. The van der Waals surface area contributed by atoms with E-state index in [9.17, 15) is 60.5 Å². The van der Waals surface area contributed by atoms with Crippen molar-refractivity contribution in [3.8, 4) is 5.75 Å². The van der Waals surface area contributed by atoms with Gasteiger partial charge in [0.05, 0.1) is 41.5 Å². The largest absolute Gasteiger partial charge is 0.506 e. The van der Waals surface area contributed by atoms with Gasteiger partial charge in [0.25, 0.3) is 5.91 Å². The molecule has 13 nitrogen and oxygen atoms in total. The first-order chi connectivity index (χ1) is 21.3. The minimum atomic E-state index is -5.77. The van der Waals surface area contributed by atoms with Gasteiger partial charge in [0.1, 0.15) is 5.75 Å². The summed E-state index contributed by atoms with van der Waals surface area (Å²) in [5.41, 5.74) is 0.789. The number of Topliss-reactive ketones (excluding diaryl/α,β-unsaturated/α-hetero) is 2. The molecule has 3 rings (SSSR count). The minimum Gasteiger partial charge on any atom is -0.506 e. The number of aromatic hydroxyl groups is 1. The van der Waals surface area contributed by atoms with Gasteiger partial charge >= 0.3 is 29.9 Å². The van der Waals surface area contributed by atoms with Crippen LogP contribution in [0.5, 0.6) is 5.75 Å². The Balaban J connectivity index is 0.000000521. The van der Waals surface area contributed by atoms with E-state index in [1.165, 1.54) is 24.5 Å². The molecule has 0 aliphatic carbocycles. The summed E-state index contributed by atoms with van der Waals surface area (Å²) < 4.78 is 67.0. The maximum Gasteiger partial charge on any atom is 0.458 e. The molecule has 1 unspecified atom stereocenters. The van der Waals surface area contributed by atoms with Crippen molar-refractivity contribution >= 4 is 64.2 Å².